The summed E-state index contributed by atoms with van der Waals surface area (Å²) < 4.78 is 10.8. The van der Waals surface area contributed by atoms with E-state index in [1.165, 1.54) is 44.1 Å². The van der Waals surface area contributed by atoms with Gasteiger partial charge in [-0.05, 0) is 24.5 Å². The van der Waals surface area contributed by atoms with Crippen molar-refractivity contribution in [1.82, 2.24) is 0 Å². The van der Waals surface area contributed by atoms with Gasteiger partial charge >= 0.3 is 5.97 Å². The first-order valence-electron chi connectivity index (χ1n) is 8.75. The molecular formula is C20H30O3. The average Bonchev–Trinajstić information content (AvgIpc) is 2.55. The number of ether oxygens (including phenoxy) is 2. The number of para-hydroxylation sites is 1. The zero-order valence-electron chi connectivity index (χ0n) is 14.6. The minimum Gasteiger partial charge on any atom is -0.455 e. The Labute approximate surface area is 140 Å². The molecule has 1 atom stereocenters. The van der Waals surface area contributed by atoms with Crippen molar-refractivity contribution >= 4 is 5.97 Å². The highest BCUT2D eigenvalue weighted by Crippen LogP contribution is 2.22. The monoisotopic (exact) mass is 318 g/mol. The van der Waals surface area contributed by atoms with Crippen molar-refractivity contribution < 1.29 is 14.3 Å². The Balaban J connectivity index is 2.38. The third-order valence-corrected chi connectivity index (χ3v) is 3.76. The van der Waals surface area contributed by atoms with Crippen LogP contribution in [0.3, 0.4) is 0 Å². The van der Waals surface area contributed by atoms with Gasteiger partial charge in [0.1, 0.15) is 5.75 Å². The van der Waals surface area contributed by atoms with Gasteiger partial charge in [-0.3, -0.25) is 0 Å². The van der Waals surface area contributed by atoms with E-state index in [9.17, 15) is 4.79 Å². The Morgan fingerprint density at radius 2 is 1.78 bits per heavy atom. The fourth-order valence-corrected chi connectivity index (χ4v) is 2.51. The topological polar surface area (TPSA) is 35.5 Å². The van der Waals surface area contributed by atoms with E-state index in [0.717, 1.165) is 24.7 Å². The number of unbranched alkanes of at least 4 members (excludes halogenated alkanes) is 6. The molecule has 1 aromatic carbocycles. The SMILES string of the molecule is C=CC(=O)OC(C)Oc1ccccc1CCCCCCCCC. The zero-order chi connectivity index (χ0) is 16.9. The molecule has 0 aliphatic carbocycles. The van der Waals surface area contributed by atoms with Crippen LogP contribution >= 0.6 is 0 Å². The van der Waals surface area contributed by atoms with Crippen molar-refractivity contribution in [2.45, 2.75) is 71.5 Å². The van der Waals surface area contributed by atoms with Crippen LogP contribution in [0, 0.1) is 0 Å². The molecule has 1 rings (SSSR count). The molecule has 0 radical (unpaired) electrons. The predicted octanol–water partition coefficient (Wildman–Crippen LogP) is 5.43. The van der Waals surface area contributed by atoms with Crippen LogP contribution < -0.4 is 4.74 Å². The fourth-order valence-electron chi connectivity index (χ4n) is 2.51. The highest BCUT2D eigenvalue weighted by Gasteiger charge is 2.10. The molecule has 3 heteroatoms. The Bertz CT molecular complexity index is 468. The molecule has 3 nitrogen and oxygen atoms in total. The van der Waals surface area contributed by atoms with Crippen molar-refractivity contribution in [3.8, 4) is 5.75 Å². The molecule has 0 amide bonds. The molecule has 1 unspecified atom stereocenters. The van der Waals surface area contributed by atoms with Crippen LogP contribution in [0.15, 0.2) is 36.9 Å². The summed E-state index contributed by atoms with van der Waals surface area (Å²) in [5.41, 5.74) is 1.17. The summed E-state index contributed by atoms with van der Waals surface area (Å²) in [5, 5.41) is 0. The number of rotatable bonds is 12. The number of hydrogen-bond acceptors (Lipinski definition) is 3. The Kier molecular flexibility index (Phi) is 9.85. The minimum absolute atomic E-state index is 0.470. The van der Waals surface area contributed by atoms with Gasteiger partial charge in [0.15, 0.2) is 0 Å². The number of carbonyl (C=O) groups is 1. The van der Waals surface area contributed by atoms with E-state index in [1.807, 2.05) is 18.2 Å². The standard InChI is InChI=1S/C20H30O3/c1-4-6-7-8-9-10-11-14-18-15-12-13-16-19(18)22-17(3)23-20(21)5-2/h5,12-13,15-17H,2,4,6-11,14H2,1,3H3. The van der Waals surface area contributed by atoms with Crippen molar-refractivity contribution in [3.63, 3.8) is 0 Å². The maximum Gasteiger partial charge on any atom is 0.333 e. The summed E-state index contributed by atoms with van der Waals surface area (Å²) in [5.74, 6) is 0.324. The van der Waals surface area contributed by atoms with Crippen molar-refractivity contribution in [3.05, 3.63) is 42.5 Å². The van der Waals surface area contributed by atoms with Crippen LogP contribution in [0.1, 0.15) is 64.4 Å². The van der Waals surface area contributed by atoms with Crippen molar-refractivity contribution in [2.75, 3.05) is 0 Å². The van der Waals surface area contributed by atoms with E-state index in [4.69, 9.17) is 9.47 Å². The number of carbonyl (C=O) groups excluding carboxylic acids is 1. The van der Waals surface area contributed by atoms with Crippen LogP contribution in [0.25, 0.3) is 0 Å². The first-order chi connectivity index (χ1) is 11.2. The highest BCUT2D eigenvalue weighted by molar-refractivity contribution is 5.81. The van der Waals surface area contributed by atoms with Gasteiger partial charge in [-0.25, -0.2) is 4.79 Å². The predicted molar refractivity (Wildman–Crippen MR) is 94.5 cm³/mol. The molecule has 0 saturated carbocycles. The summed E-state index contributed by atoms with van der Waals surface area (Å²) in [7, 11) is 0. The Morgan fingerprint density at radius 1 is 1.13 bits per heavy atom. The van der Waals surface area contributed by atoms with Crippen LogP contribution in [0.4, 0.5) is 0 Å². The molecule has 23 heavy (non-hydrogen) atoms. The van der Waals surface area contributed by atoms with E-state index < -0.39 is 12.3 Å². The van der Waals surface area contributed by atoms with Crippen LogP contribution in [0.5, 0.6) is 5.75 Å². The second-order valence-electron chi connectivity index (χ2n) is 5.81. The summed E-state index contributed by atoms with van der Waals surface area (Å²) in [6, 6.07) is 7.96. The number of esters is 1. The average molecular weight is 318 g/mol. The molecule has 0 aliphatic heterocycles. The van der Waals surface area contributed by atoms with E-state index >= 15 is 0 Å². The number of benzene rings is 1. The van der Waals surface area contributed by atoms with Gasteiger partial charge in [-0.2, -0.15) is 0 Å². The lowest BCUT2D eigenvalue weighted by atomic mass is 10.0. The van der Waals surface area contributed by atoms with E-state index in [-0.39, 0.29) is 0 Å². The van der Waals surface area contributed by atoms with Gasteiger partial charge in [-0.15, -0.1) is 0 Å². The molecule has 0 N–H and O–H groups in total. The fraction of sp³-hybridized carbons (Fsp3) is 0.550. The van der Waals surface area contributed by atoms with Gasteiger partial charge < -0.3 is 9.47 Å². The third-order valence-electron chi connectivity index (χ3n) is 3.76. The molecule has 0 spiro atoms. The first kappa shape index (κ1) is 19.3. The van der Waals surface area contributed by atoms with Gasteiger partial charge in [-0.1, -0.05) is 70.2 Å². The lowest BCUT2D eigenvalue weighted by Gasteiger charge is -2.17. The quantitative estimate of drug-likeness (QED) is 0.223. The summed E-state index contributed by atoms with van der Waals surface area (Å²) in [6.07, 6.45) is 10.6. The summed E-state index contributed by atoms with van der Waals surface area (Å²) in [4.78, 5) is 11.2. The third kappa shape index (κ3) is 8.44. The normalized spacial score (nSPS) is 11.7. The largest absolute Gasteiger partial charge is 0.455 e. The molecule has 0 bridgehead atoms. The molecule has 0 aliphatic rings. The number of aryl methyl sites for hydroxylation is 1. The minimum atomic E-state index is -0.615. The van der Waals surface area contributed by atoms with E-state index in [1.54, 1.807) is 6.92 Å². The summed E-state index contributed by atoms with van der Waals surface area (Å²) in [6.45, 7) is 7.34. The Hall–Kier alpha value is -1.77. The molecule has 0 fully saturated rings. The van der Waals surface area contributed by atoms with Crippen LogP contribution in [-0.2, 0) is 16.0 Å². The highest BCUT2D eigenvalue weighted by atomic mass is 16.7. The molecular weight excluding hydrogens is 288 g/mol. The first-order valence-corrected chi connectivity index (χ1v) is 8.75. The second-order valence-corrected chi connectivity index (χ2v) is 5.81. The van der Waals surface area contributed by atoms with Gasteiger partial charge in [0.05, 0.1) is 0 Å². The van der Waals surface area contributed by atoms with Gasteiger partial charge in [0, 0.05) is 13.0 Å². The van der Waals surface area contributed by atoms with Gasteiger partial charge in [0.2, 0.25) is 6.29 Å². The molecule has 0 saturated heterocycles. The van der Waals surface area contributed by atoms with E-state index in [0.29, 0.717) is 0 Å². The molecule has 1 aromatic rings. The second kappa shape index (κ2) is 11.8. The molecule has 0 heterocycles. The number of hydrogen-bond donors (Lipinski definition) is 0. The molecule has 128 valence electrons. The summed E-state index contributed by atoms with van der Waals surface area (Å²) >= 11 is 0. The zero-order valence-corrected chi connectivity index (χ0v) is 14.6. The van der Waals surface area contributed by atoms with E-state index in [2.05, 4.69) is 19.6 Å². The van der Waals surface area contributed by atoms with Crippen molar-refractivity contribution in [1.29, 1.82) is 0 Å². The van der Waals surface area contributed by atoms with Crippen LogP contribution in [-0.4, -0.2) is 12.3 Å². The van der Waals surface area contributed by atoms with Crippen LogP contribution in [0.2, 0.25) is 0 Å². The Morgan fingerprint density at radius 3 is 2.48 bits per heavy atom. The maximum atomic E-state index is 11.2. The lowest BCUT2D eigenvalue weighted by Crippen LogP contribution is -2.20. The smallest absolute Gasteiger partial charge is 0.333 e. The molecule has 0 aromatic heterocycles. The maximum absolute atomic E-state index is 11.2. The lowest BCUT2D eigenvalue weighted by molar-refractivity contribution is -0.155. The van der Waals surface area contributed by atoms with Gasteiger partial charge in [0.25, 0.3) is 0 Å². The van der Waals surface area contributed by atoms with Crippen molar-refractivity contribution in [2.24, 2.45) is 0 Å².